The number of hydrogen-bond donors (Lipinski definition) is 1. The quantitative estimate of drug-likeness (QED) is 0.898. The molecule has 0 saturated heterocycles. The molecule has 1 aromatic carbocycles. The lowest BCUT2D eigenvalue weighted by atomic mass is 9.81. The molecule has 0 fully saturated rings. The maximum Gasteiger partial charge on any atom is 0.119 e. The van der Waals surface area contributed by atoms with Crippen LogP contribution in [0, 0.1) is 5.92 Å². The number of hydrogen-bond acceptors (Lipinski definition) is 2. The van der Waals surface area contributed by atoms with E-state index in [1.54, 1.807) is 7.11 Å². The van der Waals surface area contributed by atoms with Crippen molar-refractivity contribution in [3.05, 3.63) is 29.3 Å². The molecule has 1 unspecified atom stereocenters. The zero-order valence-corrected chi connectivity index (χ0v) is 11.3. The molecule has 0 aliphatic heterocycles. The van der Waals surface area contributed by atoms with Crippen LogP contribution in [-0.2, 0) is 12.8 Å². The van der Waals surface area contributed by atoms with Crippen molar-refractivity contribution in [3.63, 3.8) is 0 Å². The molecule has 0 heterocycles. The van der Waals surface area contributed by atoms with Crippen molar-refractivity contribution < 1.29 is 4.74 Å². The third kappa shape index (κ3) is 3.62. The lowest BCUT2D eigenvalue weighted by molar-refractivity contribution is 0.402. The first kappa shape index (κ1) is 14.3. The SMILES string of the molecule is COc1ccc2c(c1)CC(CCCN)CC2.Cl. The Morgan fingerprint density at radius 1 is 1.35 bits per heavy atom. The van der Waals surface area contributed by atoms with E-state index >= 15 is 0 Å². The van der Waals surface area contributed by atoms with E-state index in [0.29, 0.717) is 0 Å². The standard InChI is InChI=1S/C14H21NO.ClH/c1-16-14-7-6-12-5-4-11(3-2-8-15)9-13(12)10-14;/h6-7,10-11H,2-5,8-9,15H2,1H3;1H. The zero-order chi connectivity index (χ0) is 11.4. The number of methoxy groups -OCH3 is 1. The highest BCUT2D eigenvalue weighted by Crippen LogP contribution is 2.30. The van der Waals surface area contributed by atoms with Crippen LogP contribution in [0.5, 0.6) is 5.75 Å². The summed E-state index contributed by atoms with van der Waals surface area (Å²) in [4.78, 5) is 0. The predicted molar refractivity (Wildman–Crippen MR) is 74.0 cm³/mol. The van der Waals surface area contributed by atoms with E-state index in [4.69, 9.17) is 10.5 Å². The number of ether oxygens (including phenoxy) is 1. The molecule has 0 amide bonds. The fourth-order valence-electron chi connectivity index (χ4n) is 2.59. The first-order chi connectivity index (χ1) is 7.83. The number of halogens is 1. The molecule has 2 nitrogen and oxygen atoms in total. The van der Waals surface area contributed by atoms with E-state index in [9.17, 15) is 0 Å². The lowest BCUT2D eigenvalue weighted by Crippen LogP contribution is -2.15. The summed E-state index contributed by atoms with van der Waals surface area (Å²) in [6, 6.07) is 6.48. The largest absolute Gasteiger partial charge is 0.497 e. The van der Waals surface area contributed by atoms with Gasteiger partial charge in [0.2, 0.25) is 0 Å². The molecule has 17 heavy (non-hydrogen) atoms. The zero-order valence-electron chi connectivity index (χ0n) is 10.4. The highest BCUT2D eigenvalue weighted by atomic mass is 35.5. The van der Waals surface area contributed by atoms with Crippen LogP contribution >= 0.6 is 12.4 Å². The second-order valence-electron chi connectivity index (χ2n) is 4.67. The van der Waals surface area contributed by atoms with Gasteiger partial charge in [0.1, 0.15) is 5.75 Å². The second-order valence-corrected chi connectivity index (χ2v) is 4.67. The normalized spacial score (nSPS) is 18.1. The van der Waals surface area contributed by atoms with E-state index in [1.807, 2.05) is 0 Å². The smallest absolute Gasteiger partial charge is 0.119 e. The van der Waals surface area contributed by atoms with Crippen molar-refractivity contribution in [3.8, 4) is 5.75 Å². The van der Waals surface area contributed by atoms with Crippen LogP contribution in [0.25, 0.3) is 0 Å². The number of aryl methyl sites for hydroxylation is 1. The Morgan fingerprint density at radius 3 is 2.88 bits per heavy atom. The summed E-state index contributed by atoms with van der Waals surface area (Å²) in [5, 5.41) is 0. The molecule has 1 aromatic rings. The molecule has 0 radical (unpaired) electrons. The fraction of sp³-hybridized carbons (Fsp3) is 0.571. The minimum absolute atomic E-state index is 0. The lowest BCUT2D eigenvalue weighted by Gasteiger charge is -2.24. The Bertz CT molecular complexity index is 354. The van der Waals surface area contributed by atoms with Crippen LogP contribution in [0.15, 0.2) is 18.2 Å². The van der Waals surface area contributed by atoms with Crippen LogP contribution < -0.4 is 10.5 Å². The molecule has 96 valence electrons. The van der Waals surface area contributed by atoms with E-state index in [0.717, 1.165) is 24.6 Å². The third-order valence-electron chi connectivity index (χ3n) is 3.56. The van der Waals surface area contributed by atoms with Gasteiger partial charge in [-0.25, -0.2) is 0 Å². The second kappa shape index (κ2) is 6.87. The monoisotopic (exact) mass is 255 g/mol. The maximum absolute atomic E-state index is 5.57. The van der Waals surface area contributed by atoms with Gasteiger partial charge in [-0.05, 0) is 67.8 Å². The average Bonchev–Trinajstić information content (AvgIpc) is 2.35. The first-order valence-corrected chi connectivity index (χ1v) is 6.19. The highest BCUT2D eigenvalue weighted by molar-refractivity contribution is 5.85. The molecule has 1 aliphatic rings. The van der Waals surface area contributed by atoms with Gasteiger partial charge in [-0.1, -0.05) is 6.07 Å². The molecule has 0 spiro atoms. The minimum atomic E-state index is 0. The van der Waals surface area contributed by atoms with Gasteiger partial charge >= 0.3 is 0 Å². The van der Waals surface area contributed by atoms with Gasteiger partial charge < -0.3 is 10.5 Å². The summed E-state index contributed by atoms with van der Waals surface area (Å²) in [6.45, 7) is 0.821. The summed E-state index contributed by atoms with van der Waals surface area (Å²) in [7, 11) is 1.73. The van der Waals surface area contributed by atoms with Gasteiger partial charge in [-0.3, -0.25) is 0 Å². The summed E-state index contributed by atoms with van der Waals surface area (Å²) < 4.78 is 5.28. The molecule has 2 N–H and O–H groups in total. The van der Waals surface area contributed by atoms with Crippen LogP contribution in [0.2, 0.25) is 0 Å². The Hall–Kier alpha value is -0.730. The number of benzene rings is 1. The summed E-state index contributed by atoms with van der Waals surface area (Å²) in [6.07, 6.45) is 6.16. The van der Waals surface area contributed by atoms with Gasteiger partial charge in [0.15, 0.2) is 0 Å². The molecule has 3 heteroatoms. The maximum atomic E-state index is 5.57. The van der Waals surface area contributed by atoms with Crippen molar-refractivity contribution in [1.29, 1.82) is 0 Å². The minimum Gasteiger partial charge on any atom is -0.497 e. The number of rotatable bonds is 4. The van der Waals surface area contributed by atoms with E-state index in [1.165, 1.54) is 36.8 Å². The Balaban J connectivity index is 0.00000144. The van der Waals surface area contributed by atoms with Gasteiger partial charge in [-0.2, -0.15) is 0 Å². The molecule has 1 aliphatic carbocycles. The fourth-order valence-corrected chi connectivity index (χ4v) is 2.59. The summed E-state index contributed by atoms with van der Waals surface area (Å²) >= 11 is 0. The van der Waals surface area contributed by atoms with Crippen LogP contribution in [0.1, 0.15) is 30.4 Å². The Morgan fingerprint density at radius 2 is 2.18 bits per heavy atom. The Kier molecular flexibility index (Phi) is 5.79. The topological polar surface area (TPSA) is 35.2 Å². The van der Waals surface area contributed by atoms with Gasteiger partial charge in [0.05, 0.1) is 7.11 Å². The van der Waals surface area contributed by atoms with Crippen molar-refractivity contribution in [2.45, 2.75) is 32.1 Å². The molecule has 0 bridgehead atoms. The molecule has 1 atom stereocenters. The van der Waals surface area contributed by atoms with E-state index < -0.39 is 0 Å². The van der Waals surface area contributed by atoms with E-state index in [-0.39, 0.29) is 12.4 Å². The van der Waals surface area contributed by atoms with Crippen molar-refractivity contribution in [2.75, 3.05) is 13.7 Å². The van der Waals surface area contributed by atoms with Crippen LogP contribution in [-0.4, -0.2) is 13.7 Å². The Labute approximate surface area is 110 Å². The predicted octanol–water partition coefficient (Wildman–Crippen LogP) is 2.96. The van der Waals surface area contributed by atoms with Crippen molar-refractivity contribution in [2.24, 2.45) is 11.7 Å². The first-order valence-electron chi connectivity index (χ1n) is 6.19. The molecular formula is C14H22ClNO. The number of nitrogens with two attached hydrogens (primary N) is 1. The van der Waals surface area contributed by atoms with E-state index in [2.05, 4.69) is 18.2 Å². The van der Waals surface area contributed by atoms with Gasteiger partial charge in [-0.15, -0.1) is 12.4 Å². The molecule has 0 saturated carbocycles. The van der Waals surface area contributed by atoms with Gasteiger partial charge in [0.25, 0.3) is 0 Å². The van der Waals surface area contributed by atoms with Crippen molar-refractivity contribution in [1.82, 2.24) is 0 Å². The summed E-state index contributed by atoms with van der Waals surface area (Å²) in [5.74, 6) is 1.81. The molecule has 0 aromatic heterocycles. The van der Waals surface area contributed by atoms with Gasteiger partial charge in [0, 0.05) is 0 Å². The van der Waals surface area contributed by atoms with Crippen molar-refractivity contribution >= 4 is 12.4 Å². The van der Waals surface area contributed by atoms with Crippen LogP contribution in [0.3, 0.4) is 0 Å². The average molecular weight is 256 g/mol. The summed E-state index contributed by atoms with van der Waals surface area (Å²) in [5.41, 5.74) is 8.55. The van der Waals surface area contributed by atoms with Crippen LogP contribution in [0.4, 0.5) is 0 Å². The molecular weight excluding hydrogens is 234 g/mol. The highest BCUT2D eigenvalue weighted by Gasteiger charge is 2.18. The molecule has 2 rings (SSSR count). The number of fused-ring (bicyclic) bond motifs is 1. The third-order valence-corrected chi connectivity index (χ3v) is 3.56.